The SMILES string of the molecule is COCc1nc(=S)cc(NC2CCCC2)[nH]1. The number of methoxy groups -OCH3 is 1. The van der Waals surface area contributed by atoms with E-state index in [-0.39, 0.29) is 0 Å². The second-order valence-electron chi connectivity index (χ2n) is 4.14. The fraction of sp³-hybridized carbons (Fsp3) is 0.636. The molecule has 0 aromatic carbocycles. The molecular formula is C11H17N3OS. The lowest BCUT2D eigenvalue weighted by Crippen LogP contribution is -2.16. The van der Waals surface area contributed by atoms with Crippen molar-refractivity contribution in [2.45, 2.75) is 38.3 Å². The number of aromatic nitrogens is 2. The lowest BCUT2D eigenvalue weighted by atomic mass is 10.2. The van der Waals surface area contributed by atoms with Crippen LogP contribution in [0.25, 0.3) is 0 Å². The minimum absolute atomic E-state index is 0.462. The lowest BCUT2D eigenvalue weighted by molar-refractivity contribution is 0.178. The summed E-state index contributed by atoms with van der Waals surface area (Å²) in [4.78, 5) is 7.39. The molecule has 16 heavy (non-hydrogen) atoms. The molecule has 0 bridgehead atoms. The number of nitrogens with zero attached hydrogens (tertiary/aromatic N) is 1. The smallest absolute Gasteiger partial charge is 0.135 e. The van der Waals surface area contributed by atoms with Crippen LogP contribution in [0.5, 0.6) is 0 Å². The topological polar surface area (TPSA) is 49.9 Å². The molecule has 0 amide bonds. The van der Waals surface area contributed by atoms with Crippen LogP contribution < -0.4 is 5.32 Å². The van der Waals surface area contributed by atoms with Gasteiger partial charge in [0, 0.05) is 19.2 Å². The highest BCUT2D eigenvalue weighted by Crippen LogP contribution is 2.21. The van der Waals surface area contributed by atoms with Crippen molar-refractivity contribution in [2.75, 3.05) is 12.4 Å². The summed E-state index contributed by atoms with van der Waals surface area (Å²) in [7, 11) is 1.65. The average molecular weight is 239 g/mol. The number of rotatable bonds is 4. The quantitative estimate of drug-likeness (QED) is 0.793. The van der Waals surface area contributed by atoms with Crippen LogP contribution in [0.4, 0.5) is 5.82 Å². The normalized spacial score (nSPS) is 16.6. The van der Waals surface area contributed by atoms with Crippen LogP contribution in [0.1, 0.15) is 31.5 Å². The van der Waals surface area contributed by atoms with Gasteiger partial charge >= 0.3 is 0 Å². The molecular weight excluding hydrogens is 222 g/mol. The highest BCUT2D eigenvalue weighted by atomic mass is 32.1. The van der Waals surface area contributed by atoms with Crippen molar-refractivity contribution in [1.29, 1.82) is 0 Å². The molecule has 2 N–H and O–H groups in total. The minimum atomic E-state index is 0.462. The van der Waals surface area contributed by atoms with Gasteiger partial charge in [0.2, 0.25) is 0 Å². The van der Waals surface area contributed by atoms with Crippen LogP contribution in [-0.4, -0.2) is 23.1 Å². The number of ether oxygens (including phenoxy) is 1. The molecule has 1 aromatic heterocycles. The van der Waals surface area contributed by atoms with Crippen LogP contribution in [0, 0.1) is 4.64 Å². The highest BCUT2D eigenvalue weighted by molar-refractivity contribution is 7.71. The van der Waals surface area contributed by atoms with Crippen LogP contribution in [0.3, 0.4) is 0 Å². The second-order valence-corrected chi connectivity index (χ2v) is 4.56. The number of nitrogens with one attached hydrogen (secondary N) is 2. The summed E-state index contributed by atoms with van der Waals surface area (Å²) in [6, 6.07) is 2.44. The van der Waals surface area contributed by atoms with E-state index in [4.69, 9.17) is 17.0 Å². The Kier molecular flexibility index (Phi) is 3.90. The van der Waals surface area contributed by atoms with Gasteiger partial charge in [-0.3, -0.25) is 0 Å². The van der Waals surface area contributed by atoms with Crippen LogP contribution in [0.2, 0.25) is 0 Å². The van der Waals surface area contributed by atoms with Gasteiger partial charge in [0.15, 0.2) is 0 Å². The van der Waals surface area contributed by atoms with E-state index in [1.54, 1.807) is 7.11 Å². The number of aromatic amines is 1. The molecule has 0 radical (unpaired) electrons. The Balaban J connectivity index is 2.10. The molecule has 0 spiro atoms. The van der Waals surface area contributed by atoms with Gasteiger partial charge in [-0.1, -0.05) is 25.1 Å². The molecule has 88 valence electrons. The van der Waals surface area contributed by atoms with Gasteiger partial charge in [0.25, 0.3) is 0 Å². The molecule has 2 rings (SSSR count). The maximum Gasteiger partial charge on any atom is 0.135 e. The summed E-state index contributed by atoms with van der Waals surface area (Å²) in [6.07, 6.45) is 5.11. The molecule has 1 fully saturated rings. The van der Waals surface area contributed by atoms with E-state index in [0.717, 1.165) is 11.6 Å². The highest BCUT2D eigenvalue weighted by Gasteiger charge is 2.14. The van der Waals surface area contributed by atoms with Crippen molar-refractivity contribution < 1.29 is 4.74 Å². The Labute approximate surface area is 100 Å². The number of H-pyrrole nitrogens is 1. The summed E-state index contributed by atoms with van der Waals surface area (Å²) in [5, 5.41) is 3.46. The molecule has 5 heteroatoms. The number of anilines is 1. The van der Waals surface area contributed by atoms with Crippen LogP contribution in [-0.2, 0) is 11.3 Å². The van der Waals surface area contributed by atoms with Gasteiger partial charge in [0.1, 0.15) is 22.9 Å². The molecule has 0 unspecified atom stereocenters. The first-order chi connectivity index (χ1) is 7.78. The standard InChI is InChI=1S/C11H17N3OS/c1-15-7-10-13-9(6-11(16)14-10)12-8-4-2-3-5-8/h6,8H,2-5,7H2,1H3,(H2,12,13,14,16). The van der Waals surface area contributed by atoms with Gasteiger partial charge < -0.3 is 15.0 Å². The maximum atomic E-state index is 5.12. The van der Waals surface area contributed by atoms with Crippen LogP contribution in [0.15, 0.2) is 6.07 Å². The van der Waals surface area contributed by atoms with E-state index < -0.39 is 0 Å². The third-order valence-electron chi connectivity index (χ3n) is 2.79. The van der Waals surface area contributed by atoms with Gasteiger partial charge in [-0.05, 0) is 12.8 Å². The Morgan fingerprint density at radius 2 is 2.31 bits per heavy atom. The van der Waals surface area contributed by atoms with Gasteiger partial charge in [0.05, 0.1) is 0 Å². The van der Waals surface area contributed by atoms with E-state index in [9.17, 15) is 0 Å². The van der Waals surface area contributed by atoms with Crippen molar-refractivity contribution in [2.24, 2.45) is 0 Å². The third-order valence-corrected chi connectivity index (χ3v) is 3.00. The fourth-order valence-corrected chi connectivity index (χ4v) is 2.31. The first-order valence-corrected chi connectivity index (χ1v) is 6.04. The predicted octanol–water partition coefficient (Wildman–Crippen LogP) is 2.64. The maximum absolute atomic E-state index is 5.12. The van der Waals surface area contributed by atoms with Crippen molar-refractivity contribution in [1.82, 2.24) is 9.97 Å². The number of hydrogen-bond donors (Lipinski definition) is 2. The zero-order valence-electron chi connectivity index (χ0n) is 9.45. The molecule has 1 saturated carbocycles. The fourth-order valence-electron chi connectivity index (χ4n) is 2.08. The lowest BCUT2D eigenvalue weighted by Gasteiger charge is -2.14. The molecule has 1 aliphatic rings. The first-order valence-electron chi connectivity index (χ1n) is 5.63. The third kappa shape index (κ3) is 3.02. The van der Waals surface area contributed by atoms with E-state index in [1.807, 2.05) is 6.07 Å². The Morgan fingerprint density at radius 1 is 1.56 bits per heavy atom. The van der Waals surface area contributed by atoms with E-state index in [0.29, 0.717) is 17.3 Å². The molecule has 0 saturated heterocycles. The summed E-state index contributed by atoms with van der Waals surface area (Å²) >= 11 is 5.12. The molecule has 1 heterocycles. The first kappa shape index (κ1) is 11.5. The monoisotopic (exact) mass is 239 g/mol. The molecule has 1 aromatic rings. The van der Waals surface area contributed by atoms with Gasteiger partial charge in [-0.15, -0.1) is 0 Å². The van der Waals surface area contributed by atoms with Crippen molar-refractivity contribution >= 4 is 18.0 Å². The van der Waals surface area contributed by atoms with Crippen LogP contribution >= 0.6 is 12.2 Å². The average Bonchev–Trinajstić information content (AvgIpc) is 2.70. The summed E-state index contributed by atoms with van der Waals surface area (Å²) in [5.41, 5.74) is 0. The molecule has 0 atom stereocenters. The Morgan fingerprint density at radius 3 is 3.00 bits per heavy atom. The Bertz CT molecular complexity index is 398. The van der Waals surface area contributed by atoms with Gasteiger partial charge in [-0.25, -0.2) is 4.98 Å². The second kappa shape index (κ2) is 5.41. The van der Waals surface area contributed by atoms with E-state index in [2.05, 4.69) is 15.3 Å². The number of hydrogen-bond acceptors (Lipinski definition) is 4. The van der Waals surface area contributed by atoms with E-state index in [1.165, 1.54) is 25.7 Å². The minimum Gasteiger partial charge on any atom is -0.377 e. The van der Waals surface area contributed by atoms with Crippen molar-refractivity contribution in [3.05, 3.63) is 16.5 Å². The summed E-state index contributed by atoms with van der Waals surface area (Å²) in [6.45, 7) is 0.462. The van der Waals surface area contributed by atoms with E-state index >= 15 is 0 Å². The largest absolute Gasteiger partial charge is 0.377 e. The Hall–Kier alpha value is -0.940. The zero-order valence-corrected chi connectivity index (χ0v) is 10.3. The summed E-state index contributed by atoms with van der Waals surface area (Å²) < 4.78 is 5.64. The zero-order chi connectivity index (χ0) is 11.4. The molecule has 1 aliphatic carbocycles. The summed E-state index contributed by atoms with van der Waals surface area (Å²) in [5.74, 6) is 1.73. The molecule has 4 nitrogen and oxygen atoms in total. The van der Waals surface area contributed by atoms with Crippen molar-refractivity contribution in [3.8, 4) is 0 Å². The molecule has 0 aliphatic heterocycles. The van der Waals surface area contributed by atoms with Crippen molar-refractivity contribution in [3.63, 3.8) is 0 Å². The predicted molar refractivity (Wildman–Crippen MR) is 66.0 cm³/mol. The van der Waals surface area contributed by atoms with Gasteiger partial charge in [-0.2, -0.15) is 0 Å².